The predicted octanol–water partition coefficient (Wildman–Crippen LogP) is 2.31. The Kier molecular flexibility index (Phi) is 3.79. The zero-order valence-electron chi connectivity index (χ0n) is 10.3. The first-order valence-corrected chi connectivity index (χ1v) is 6.34. The molecule has 0 heterocycles. The predicted molar refractivity (Wildman–Crippen MR) is 69.8 cm³/mol. The normalized spacial score (nSPS) is 16.6. The lowest BCUT2D eigenvalue weighted by atomic mass is 10.0. The lowest BCUT2D eigenvalue weighted by molar-refractivity contribution is -0.117. The van der Waals surface area contributed by atoms with Gasteiger partial charge in [0.1, 0.15) is 0 Å². The monoisotopic (exact) mass is 232 g/mol. The number of hydrogen-bond acceptors (Lipinski definition) is 2. The lowest BCUT2D eigenvalue weighted by Crippen LogP contribution is -2.21. The molecule has 0 spiro atoms. The molecule has 3 nitrogen and oxygen atoms in total. The van der Waals surface area contributed by atoms with Gasteiger partial charge in [-0.3, -0.25) is 4.79 Å². The van der Waals surface area contributed by atoms with E-state index >= 15 is 0 Å². The Morgan fingerprint density at radius 3 is 2.59 bits per heavy atom. The molecule has 0 bridgehead atoms. The van der Waals surface area contributed by atoms with Gasteiger partial charge < -0.3 is 11.1 Å². The van der Waals surface area contributed by atoms with Crippen LogP contribution in [0, 0.1) is 5.92 Å². The SMILES string of the molecule is CCC(N)Cc1ccc(NC(=O)C2CC2)cc1. The molecule has 17 heavy (non-hydrogen) atoms. The minimum absolute atomic E-state index is 0.156. The molecule has 0 saturated heterocycles. The fourth-order valence-corrected chi connectivity index (χ4v) is 1.76. The van der Waals surface area contributed by atoms with Gasteiger partial charge in [-0.25, -0.2) is 0 Å². The third kappa shape index (κ3) is 3.56. The van der Waals surface area contributed by atoms with E-state index in [9.17, 15) is 4.79 Å². The molecule has 0 aromatic heterocycles. The lowest BCUT2D eigenvalue weighted by Gasteiger charge is -2.09. The molecule has 0 aliphatic heterocycles. The molecule has 1 aliphatic carbocycles. The number of benzene rings is 1. The Balaban J connectivity index is 1.90. The number of nitrogens with one attached hydrogen (secondary N) is 1. The van der Waals surface area contributed by atoms with Crippen molar-refractivity contribution in [3.8, 4) is 0 Å². The first-order valence-electron chi connectivity index (χ1n) is 6.34. The Morgan fingerprint density at radius 2 is 2.06 bits per heavy atom. The molecule has 1 aliphatic rings. The summed E-state index contributed by atoms with van der Waals surface area (Å²) < 4.78 is 0. The van der Waals surface area contributed by atoms with Gasteiger partial charge in [0.2, 0.25) is 5.91 Å². The van der Waals surface area contributed by atoms with Crippen LogP contribution in [0.25, 0.3) is 0 Å². The summed E-state index contributed by atoms with van der Waals surface area (Å²) >= 11 is 0. The van der Waals surface area contributed by atoms with Crippen molar-refractivity contribution in [2.24, 2.45) is 11.7 Å². The molecular weight excluding hydrogens is 212 g/mol. The first kappa shape index (κ1) is 12.1. The van der Waals surface area contributed by atoms with Gasteiger partial charge in [-0.1, -0.05) is 19.1 Å². The van der Waals surface area contributed by atoms with Crippen LogP contribution >= 0.6 is 0 Å². The topological polar surface area (TPSA) is 55.1 Å². The van der Waals surface area contributed by atoms with Crippen molar-refractivity contribution in [3.05, 3.63) is 29.8 Å². The number of anilines is 1. The molecule has 1 aromatic rings. The molecule has 3 N–H and O–H groups in total. The number of hydrogen-bond donors (Lipinski definition) is 2. The summed E-state index contributed by atoms with van der Waals surface area (Å²) in [4.78, 5) is 11.6. The zero-order valence-corrected chi connectivity index (χ0v) is 10.3. The number of carbonyl (C=O) groups is 1. The quantitative estimate of drug-likeness (QED) is 0.818. The fourth-order valence-electron chi connectivity index (χ4n) is 1.76. The van der Waals surface area contributed by atoms with Crippen LogP contribution < -0.4 is 11.1 Å². The summed E-state index contributed by atoms with van der Waals surface area (Å²) in [5, 5.41) is 2.93. The zero-order chi connectivity index (χ0) is 12.3. The average molecular weight is 232 g/mol. The van der Waals surface area contributed by atoms with Gasteiger partial charge in [0.15, 0.2) is 0 Å². The summed E-state index contributed by atoms with van der Waals surface area (Å²) in [5.41, 5.74) is 8.01. The van der Waals surface area contributed by atoms with E-state index in [2.05, 4.69) is 12.2 Å². The fraction of sp³-hybridized carbons (Fsp3) is 0.500. The number of amides is 1. The van der Waals surface area contributed by atoms with E-state index in [-0.39, 0.29) is 17.9 Å². The maximum Gasteiger partial charge on any atom is 0.227 e. The summed E-state index contributed by atoms with van der Waals surface area (Å²) in [5.74, 6) is 0.409. The molecule has 0 radical (unpaired) electrons. The third-order valence-corrected chi connectivity index (χ3v) is 3.19. The molecule has 3 heteroatoms. The van der Waals surface area contributed by atoms with E-state index in [0.29, 0.717) is 0 Å². The number of carbonyl (C=O) groups excluding carboxylic acids is 1. The highest BCUT2D eigenvalue weighted by Crippen LogP contribution is 2.30. The highest BCUT2D eigenvalue weighted by Gasteiger charge is 2.29. The van der Waals surface area contributed by atoms with Gasteiger partial charge in [0.05, 0.1) is 0 Å². The molecular formula is C14H20N2O. The van der Waals surface area contributed by atoms with Crippen molar-refractivity contribution in [3.63, 3.8) is 0 Å². The highest BCUT2D eigenvalue weighted by molar-refractivity contribution is 5.93. The van der Waals surface area contributed by atoms with Crippen LogP contribution in [0.15, 0.2) is 24.3 Å². The van der Waals surface area contributed by atoms with E-state index in [1.165, 1.54) is 5.56 Å². The Morgan fingerprint density at radius 1 is 1.41 bits per heavy atom. The molecule has 1 fully saturated rings. The van der Waals surface area contributed by atoms with Crippen molar-refractivity contribution in [2.75, 3.05) is 5.32 Å². The van der Waals surface area contributed by atoms with Crippen molar-refractivity contribution >= 4 is 11.6 Å². The second-order valence-corrected chi connectivity index (χ2v) is 4.83. The van der Waals surface area contributed by atoms with Gasteiger partial charge in [0.25, 0.3) is 0 Å². The van der Waals surface area contributed by atoms with Crippen molar-refractivity contribution in [1.29, 1.82) is 0 Å². The molecule has 1 aromatic carbocycles. The van der Waals surface area contributed by atoms with E-state index in [0.717, 1.165) is 31.4 Å². The standard InChI is InChI=1S/C14H20N2O/c1-2-12(15)9-10-3-7-13(8-4-10)16-14(17)11-5-6-11/h3-4,7-8,11-12H,2,5-6,9,15H2,1H3,(H,16,17). The van der Waals surface area contributed by atoms with Gasteiger partial charge >= 0.3 is 0 Å². The smallest absolute Gasteiger partial charge is 0.227 e. The maximum atomic E-state index is 11.6. The largest absolute Gasteiger partial charge is 0.327 e. The van der Waals surface area contributed by atoms with E-state index in [1.807, 2.05) is 24.3 Å². The van der Waals surface area contributed by atoms with Crippen molar-refractivity contribution in [2.45, 2.75) is 38.6 Å². The van der Waals surface area contributed by atoms with E-state index in [1.54, 1.807) is 0 Å². The Hall–Kier alpha value is -1.35. The van der Waals surface area contributed by atoms with Gasteiger partial charge in [-0.05, 0) is 43.4 Å². The van der Waals surface area contributed by atoms with Crippen LogP contribution in [0.5, 0.6) is 0 Å². The molecule has 1 saturated carbocycles. The minimum Gasteiger partial charge on any atom is -0.327 e. The van der Waals surface area contributed by atoms with Gasteiger partial charge in [-0.2, -0.15) is 0 Å². The van der Waals surface area contributed by atoms with E-state index in [4.69, 9.17) is 5.73 Å². The van der Waals surface area contributed by atoms with Crippen molar-refractivity contribution in [1.82, 2.24) is 0 Å². The molecule has 92 valence electrons. The average Bonchev–Trinajstić information content (AvgIpc) is 3.15. The van der Waals surface area contributed by atoms with Crippen LogP contribution in [0.1, 0.15) is 31.7 Å². The second-order valence-electron chi connectivity index (χ2n) is 4.83. The van der Waals surface area contributed by atoms with Gasteiger partial charge in [-0.15, -0.1) is 0 Å². The third-order valence-electron chi connectivity index (χ3n) is 3.19. The minimum atomic E-state index is 0.156. The number of nitrogens with two attached hydrogens (primary N) is 1. The van der Waals surface area contributed by atoms with Gasteiger partial charge in [0, 0.05) is 17.6 Å². The van der Waals surface area contributed by atoms with Crippen LogP contribution in [0.4, 0.5) is 5.69 Å². The van der Waals surface area contributed by atoms with Crippen LogP contribution in [-0.4, -0.2) is 11.9 Å². The molecule has 1 unspecified atom stereocenters. The van der Waals surface area contributed by atoms with E-state index < -0.39 is 0 Å². The van der Waals surface area contributed by atoms with Crippen LogP contribution in [-0.2, 0) is 11.2 Å². The highest BCUT2D eigenvalue weighted by atomic mass is 16.2. The Labute approximate surface area is 102 Å². The molecule has 1 atom stereocenters. The number of rotatable bonds is 5. The summed E-state index contributed by atoms with van der Waals surface area (Å²) in [6.07, 6.45) is 3.96. The maximum absolute atomic E-state index is 11.6. The molecule has 1 amide bonds. The summed E-state index contributed by atoms with van der Waals surface area (Å²) in [6, 6.07) is 8.22. The Bertz CT molecular complexity index is 382. The molecule has 2 rings (SSSR count). The van der Waals surface area contributed by atoms with Crippen LogP contribution in [0.2, 0.25) is 0 Å². The summed E-state index contributed by atoms with van der Waals surface area (Å²) in [7, 11) is 0. The first-order chi connectivity index (χ1) is 8.19. The summed E-state index contributed by atoms with van der Waals surface area (Å²) in [6.45, 7) is 2.09. The van der Waals surface area contributed by atoms with Crippen LogP contribution in [0.3, 0.4) is 0 Å². The second kappa shape index (κ2) is 5.32. The van der Waals surface area contributed by atoms with Crippen molar-refractivity contribution < 1.29 is 4.79 Å².